The van der Waals surface area contributed by atoms with Crippen LogP contribution in [0.2, 0.25) is 0 Å². The minimum atomic E-state index is -0.489. The number of carbonyl (C=O) groups is 1. The number of nitrogens with zero attached hydrogens (tertiary/aromatic N) is 1. The molecule has 0 aliphatic rings. The van der Waals surface area contributed by atoms with Crippen molar-refractivity contribution in [1.82, 2.24) is 4.57 Å². The standard InChI is InChI=1S/C16H14N2O3/c1-10-5-6-14-13(7-10)18(16(20)21-14)9-11-3-2-4-12(8-11)15(17)19/h2-8H,9H2,1H3,(H2,17,19). The highest BCUT2D eigenvalue weighted by Gasteiger charge is 2.10. The second-order valence-electron chi connectivity index (χ2n) is 4.99. The highest BCUT2D eigenvalue weighted by molar-refractivity contribution is 5.92. The van der Waals surface area contributed by atoms with Crippen LogP contribution < -0.4 is 11.5 Å². The second-order valence-corrected chi connectivity index (χ2v) is 4.99. The Hall–Kier alpha value is -2.82. The molecule has 0 saturated heterocycles. The van der Waals surface area contributed by atoms with E-state index in [2.05, 4.69) is 0 Å². The van der Waals surface area contributed by atoms with Crippen LogP contribution in [0.15, 0.2) is 51.7 Å². The van der Waals surface area contributed by atoms with E-state index in [0.717, 1.165) is 16.6 Å². The Morgan fingerprint density at radius 2 is 2.05 bits per heavy atom. The Morgan fingerprint density at radius 1 is 1.24 bits per heavy atom. The monoisotopic (exact) mass is 282 g/mol. The molecule has 0 bridgehead atoms. The van der Waals surface area contributed by atoms with Crippen molar-refractivity contribution in [3.05, 3.63) is 69.7 Å². The van der Waals surface area contributed by atoms with Crippen LogP contribution in [0.3, 0.4) is 0 Å². The lowest BCUT2D eigenvalue weighted by Crippen LogP contribution is -2.16. The summed E-state index contributed by atoms with van der Waals surface area (Å²) in [6, 6.07) is 12.5. The Morgan fingerprint density at radius 3 is 2.81 bits per heavy atom. The van der Waals surface area contributed by atoms with Crippen molar-refractivity contribution in [1.29, 1.82) is 0 Å². The first-order valence-electron chi connectivity index (χ1n) is 6.53. The van der Waals surface area contributed by atoms with Crippen molar-refractivity contribution in [2.45, 2.75) is 13.5 Å². The van der Waals surface area contributed by atoms with Crippen molar-refractivity contribution in [3.8, 4) is 0 Å². The van der Waals surface area contributed by atoms with E-state index < -0.39 is 11.7 Å². The quantitative estimate of drug-likeness (QED) is 0.798. The molecular formula is C16H14N2O3. The number of rotatable bonds is 3. The van der Waals surface area contributed by atoms with Gasteiger partial charge in [-0.05, 0) is 42.3 Å². The number of amides is 1. The zero-order chi connectivity index (χ0) is 15.0. The summed E-state index contributed by atoms with van der Waals surface area (Å²) in [5, 5.41) is 0. The number of oxazole rings is 1. The molecule has 2 N–H and O–H groups in total. The van der Waals surface area contributed by atoms with Crippen LogP contribution in [-0.4, -0.2) is 10.5 Å². The molecule has 0 atom stereocenters. The van der Waals surface area contributed by atoms with Gasteiger partial charge in [-0.3, -0.25) is 9.36 Å². The maximum absolute atomic E-state index is 12.0. The fourth-order valence-corrected chi connectivity index (χ4v) is 2.33. The smallest absolute Gasteiger partial charge is 0.408 e. The number of hydrogen-bond donors (Lipinski definition) is 1. The lowest BCUT2D eigenvalue weighted by Gasteiger charge is -2.04. The molecule has 0 aliphatic heterocycles. The number of benzene rings is 2. The zero-order valence-corrected chi connectivity index (χ0v) is 11.5. The Balaban J connectivity index is 2.07. The first-order valence-corrected chi connectivity index (χ1v) is 6.53. The summed E-state index contributed by atoms with van der Waals surface area (Å²) < 4.78 is 6.76. The Kier molecular flexibility index (Phi) is 3.10. The molecule has 0 fully saturated rings. The Labute approximate surface area is 120 Å². The topological polar surface area (TPSA) is 78.2 Å². The molecule has 0 saturated carbocycles. The highest BCUT2D eigenvalue weighted by Crippen LogP contribution is 2.16. The number of aromatic nitrogens is 1. The summed E-state index contributed by atoms with van der Waals surface area (Å²) in [5.74, 6) is -0.905. The third-order valence-corrected chi connectivity index (χ3v) is 3.38. The fourth-order valence-electron chi connectivity index (χ4n) is 2.33. The summed E-state index contributed by atoms with van der Waals surface area (Å²) in [4.78, 5) is 23.2. The van der Waals surface area contributed by atoms with E-state index in [1.54, 1.807) is 28.8 Å². The summed E-state index contributed by atoms with van der Waals surface area (Å²) in [5.41, 5.74) is 8.85. The molecule has 2 aromatic carbocycles. The van der Waals surface area contributed by atoms with E-state index in [9.17, 15) is 9.59 Å². The van der Waals surface area contributed by atoms with Gasteiger partial charge in [0.1, 0.15) is 0 Å². The number of carbonyl (C=O) groups excluding carboxylic acids is 1. The predicted octanol–water partition coefficient (Wildman–Crippen LogP) is 2.05. The molecule has 5 heteroatoms. The van der Waals surface area contributed by atoms with Crippen molar-refractivity contribution in [2.75, 3.05) is 0 Å². The largest absolute Gasteiger partial charge is 0.420 e. The first kappa shape index (κ1) is 13.2. The average molecular weight is 282 g/mol. The third kappa shape index (κ3) is 2.45. The summed E-state index contributed by atoms with van der Waals surface area (Å²) in [7, 11) is 0. The lowest BCUT2D eigenvalue weighted by atomic mass is 10.1. The van der Waals surface area contributed by atoms with Gasteiger partial charge in [-0.2, -0.15) is 0 Å². The van der Waals surface area contributed by atoms with E-state index in [1.165, 1.54) is 0 Å². The van der Waals surface area contributed by atoms with Crippen LogP contribution in [0.4, 0.5) is 0 Å². The summed E-state index contributed by atoms with van der Waals surface area (Å²) >= 11 is 0. The molecule has 1 aromatic heterocycles. The Bertz CT molecular complexity index is 890. The maximum Gasteiger partial charge on any atom is 0.420 e. The lowest BCUT2D eigenvalue weighted by molar-refractivity contribution is 0.1000. The molecule has 1 amide bonds. The third-order valence-electron chi connectivity index (χ3n) is 3.38. The van der Waals surface area contributed by atoms with Crippen molar-refractivity contribution in [2.24, 2.45) is 5.73 Å². The van der Waals surface area contributed by atoms with Gasteiger partial charge in [-0.25, -0.2) is 4.79 Å². The van der Waals surface area contributed by atoms with Crippen LogP contribution >= 0.6 is 0 Å². The highest BCUT2D eigenvalue weighted by atomic mass is 16.4. The molecule has 5 nitrogen and oxygen atoms in total. The summed E-state index contributed by atoms with van der Waals surface area (Å²) in [6.07, 6.45) is 0. The molecule has 3 rings (SSSR count). The number of fused-ring (bicyclic) bond motifs is 1. The van der Waals surface area contributed by atoms with Gasteiger partial charge in [0, 0.05) is 5.56 Å². The van der Waals surface area contributed by atoms with Crippen LogP contribution in [0.25, 0.3) is 11.1 Å². The molecule has 0 unspecified atom stereocenters. The van der Waals surface area contributed by atoms with Gasteiger partial charge in [-0.15, -0.1) is 0 Å². The second kappa shape index (κ2) is 4.94. The maximum atomic E-state index is 12.0. The van der Waals surface area contributed by atoms with E-state index in [-0.39, 0.29) is 0 Å². The number of nitrogens with two attached hydrogens (primary N) is 1. The number of aryl methyl sites for hydroxylation is 1. The van der Waals surface area contributed by atoms with Gasteiger partial charge in [0.25, 0.3) is 0 Å². The van der Waals surface area contributed by atoms with Gasteiger partial charge < -0.3 is 10.2 Å². The first-order chi connectivity index (χ1) is 10.0. The molecular weight excluding hydrogens is 268 g/mol. The van der Waals surface area contributed by atoms with Crippen LogP contribution in [0, 0.1) is 6.92 Å². The van der Waals surface area contributed by atoms with Crippen LogP contribution in [0.5, 0.6) is 0 Å². The molecule has 1 heterocycles. The number of hydrogen-bond acceptors (Lipinski definition) is 3. The van der Waals surface area contributed by atoms with Gasteiger partial charge in [0.15, 0.2) is 5.58 Å². The van der Waals surface area contributed by atoms with Gasteiger partial charge in [0.05, 0.1) is 12.1 Å². The van der Waals surface area contributed by atoms with E-state index in [1.807, 2.05) is 25.1 Å². The van der Waals surface area contributed by atoms with Gasteiger partial charge in [0.2, 0.25) is 5.91 Å². The minimum absolute atomic E-state index is 0.330. The van der Waals surface area contributed by atoms with Gasteiger partial charge in [-0.1, -0.05) is 18.2 Å². The fraction of sp³-hybridized carbons (Fsp3) is 0.125. The molecule has 0 aliphatic carbocycles. The van der Waals surface area contributed by atoms with Crippen LogP contribution in [-0.2, 0) is 6.54 Å². The molecule has 3 aromatic rings. The molecule has 0 radical (unpaired) electrons. The molecule has 21 heavy (non-hydrogen) atoms. The van der Waals surface area contributed by atoms with Crippen LogP contribution in [0.1, 0.15) is 21.5 Å². The average Bonchev–Trinajstić information content (AvgIpc) is 2.75. The van der Waals surface area contributed by atoms with Crippen molar-refractivity contribution >= 4 is 17.0 Å². The normalized spacial score (nSPS) is 10.9. The number of primary amides is 1. The van der Waals surface area contributed by atoms with Crippen molar-refractivity contribution in [3.63, 3.8) is 0 Å². The molecule has 106 valence electrons. The van der Waals surface area contributed by atoms with E-state index in [4.69, 9.17) is 10.2 Å². The van der Waals surface area contributed by atoms with Crippen molar-refractivity contribution < 1.29 is 9.21 Å². The zero-order valence-electron chi connectivity index (χ0n) is 11.5. The molecule has 0 spiro atoms. The van der Waals surface area contributed by atoms with E-state index >= 15 is 0 Å². The predicted molar refractivity (Wildman–Crippen MR) is 79.3 cm³/mol. The van der Waals surface area contributed by atoms with E-state index in [0.29, 0.717) is 17.7 Å². The minimum Gasteiger partial charge on any atom is -0.408 e. The SMILES string of the molecule is Cc1ccc2oc(=O)n(Cc3cccc(C(N)=O)c3)c2c1. The van der Waals surface area contributed by atoms with Gasteiger partial charge >= 0.3 is 5.76 Å². The summed E-state index contributed by atoms with van der Waals surface area (Å²) in [6.45, 7) is 2.28.